The third-order valence-electron chi connectivity index (χ3n) is 2.09. The van der Waals surface area contributed by atoms with Gasteiger partial charge in [0, 0.05) is 11.6 Å². The van der Waals surface area contributed by atoms with Gasteiger partial charge in [-0.05, 0) is 6.07 Å². The molecule has 1 rings (SSSR count). The van der Waals surface area contributed by atoms with Crippen molar-refractivity contribution in [1.29, 1.82) is 0 Å². The van der Waals surface area contributed by atoms with Crippen LogP contribution in [-0.4, -0.2) is 28.9 Å². The van der Waals surface area contributed by atoms with E-state index >= 15 is 0 Å². The Morgan fingerprint density at radius 2 is 2.12 bits per heavy atom. The maximum Gasteiger partial charge on any atom is 0.315 e. The van der Waals surface area contributed by atoms with Crippen LogP contribution in [-0.2, 0) is 5.92 Å². The molecule has 0 atom stereocenters. The molecule has 0 aliphatic heterocycles. The molecule has 0 bridgehead atoms. The Labute approximate surface area is 94.2 Å². The molecular formula is C9H9F2NO5. The summed E-state index contributed by atoms with van der Waals surface area (Å²) in [5.41, 5.74) is -1.71. The van der Waals surface area contributed by atoms with Crippen molar-refractivity contribution in [3.05, 3.63) is 27.8 Å². The number of aromatic hydroxyl groups is 1. The van der Waals surface area contributed by atoms with Gasteiger partial charge in [0.05, 0.1) is 12.0 Å². The van der Waals surface area contributed by atoms with Crippen molar-refractivity contribution in [2.45, 2.75) is 5.92 Å². The average Bonchev–Trinajstić information content (AvgIpc) is 2.28. The minimum atomic E-state index is -3.65. The first-order valence-corrected chi connectivity index (χ1v) is 4.38. The number of phenolic OH excluding ortho intramolecular Hbond substituents is 1. The van der Waals surface area contributed by atoms with Crippen molar-refractivity contribution in [3.8, 4) is 11.5 Å². The monoisotopic (exact) mass is 249 g/mol. The molecule has 0 fully saturated rings. The zero-order chi connectivity index (χ0) is 13.2. The van der Waals surface area contributed by atoms with E-state index in [1.807, 2.05) is 0 Å². The minimum Gasteiger partial charge on any atom is -0.500 e. The molecule has 8 heteroatoms. The third-order valence-corrected chi connectivity index (χ3v) is 2.09. The quantitative estimate of drug-likeness (QED) is 0.621. The Kier molecular flexibility index (Phi) is 3.47. The fourth-order valence-electron chi connectivity index (χ4n) is 1.19. The van der Waals surface area contributed by atoms with Gasteiger partial charge < -0.3 is 14.9 Å². The van der Waals surface area contributed by atoms with E-state index in [0.717, 1.165) is 13.2 Å². The van der Waals surface area contributed by atoms with Crippen LogP contribution in [0.5, 0.6) is 11.5 Å². The number of rotatable bonds is 4. The summed E-state index contributed by atoms with van der Waals surface area (Å²) in [7, 11) is 1.07. The lowest BCUT2D eigenvalue weighted by Crippen LogP contribution is -2.18. The Balaban J connectivity index is 3.45. The first-order valence-electron chi connectivity index (χ1n) is 4.38. The highest BCUT2D eigenvalue weighted by Gasteiger charge is 2.34. The number of nitrogens with zero attached hydrogens (tertiary/aromatic N) is 1. The maximum atomic E-state index is 13.2. The number of hydrogen-bond acceptors (Lipinski definition) is 5. The molecular weight excluding hydrogens is 240 g/mol. The minimum absolute atomic E-state index is 0.456. The molecule has 6 nitrogen and oxygen atoms in total. The third kappa shape index (κ3) is 2.41. The van der Waals surface area contributed by atoms with Crippen LogP contribution in [0.25, 0.3) is 0 Å². The summed E-state index contributed by atoms with van der Waals surface area (Å²) in [6.07, 6.45) is 0. The van der Waals surface area contributed by atoms with Crippen LogP contribution in [0.1, 0.15) is 5.56 Å². The zero-order valence-electron chi connectivity index (χ0n) is 8.68. The molecule has 94 valence electrons. The SMILES string of the molecule is COc1cc(C(F)(F)CO)cc([N+](=O)[O-])c1O. The van der Waals surface area contributed by atoms with Gasteiger partial charge in [-0.2, -0.15) is 8.78 Å². The Morgan fingerprint density at radius 1 is 1.53 bits per heavy atom. The Hall–Kier alpha value is -1.96. The van der Waals surface area contributed by atoms with E-state index < -0.39 is 40.2 Å². The van der Waals surface area contributed by atoms with Crippen molar-refractivity contribution in [1.82, 2.24) is 0 Å². The van der Waals surface area contributed by atoms with Crippen molar-refractivity contribution >= 4 is 5.69 Å². The van der Waals surface area contributed by atoms with E-state index in [2.05, 4.69) is 4.74 Å². The second-order valence-electron chi connectivity index (χ2n) is 3.17. The van der Waals surface area contributed by atoms with Gasteiger partial charge in [0.1, 0.15) is 6.61 Å². The van der Waals surface area contributed by atoms with Crippen molar-refractivity contribution < 1.29 is 28.7 Å². The highest BCUT2D eigenvalue weighted by molar-refractivity contribution is 5.57. The fraction of sp³-hybridized carbons (Fsp3) is 0.333. The van der Waals surface area contributed by atoms with Gasteiger partial charge in [-0.15, -0.1) is 0 Å². The van der Waals surface area contributed by atoms with Gasteiger partial charge in [-0.25, -0.2) is 0 Å². The highest BCUT2D eigenvalue weighted by Crippen LogP contribution is 2.41. The standard InChI is InChI=1S/C9H9F2NO5/c1-17-7-3-5(9(10,11)4-13)2-6(8(7)14)12(15)16/h2-3,13-14H,4H2,1H3. The second-order valence-corrected chi connectivity index (χ2v) is 3.17. The number of halogens is 2. The second kappa shape index (κ2) is 4.50. The summed E-state index contributed by atoms with van der Waals surface area (Å²) >= 11 is 0. The predicted octanol–water partition coefficient (Wildman–Crippen LogP) is 1.39. The number of ether oxygens (including phenoxy) is 1. The molecule has 0 heterocycles. The Morgan fingerprint density at radius 3 is 2.53 bits per heavy atom. The molecule has 0 unspecified atom stereocenters. The molecule has 0 aliphatic rings. The molecule has 1 aromatic rings. The largest absolute Gasteiger partial charge is 0.500 e. The number of aliphatic hydroxyl groups excluding tert-OH is 1. The highest BCUT2D eigenvalue weighted by atomic mass is 19.3. The van der Waals surface area contributed by atoms with Crippen LogP contribution < -0.4 is 4.74 Å². The van der Waals surface area contributed by atoms with Crippen LogP contribution >= 0.6 is 0 Å². The average molecular weight is 249 g/mol. The number of benzene rings is 1. The molecule has 17 heavy (non-hydrogen) atoms. The zero-order valence-corrected chi connectivity index (χ0v) is 8.68. The van der Waals surface area contributed by atoms with Crippen molar-refractivity contribution in [2.75, 3.05) is 13.7 Å². The molecule has 0 aromatic heterocycles. The molecule has 0 aliphatic carbocycles. The van der Waals surface area contributed by atoms with Crippen LogP contribution in [0.15, 0.2) is 12.1 Å². The van der Waals surface area contributed by atoms with Crippen LogP contribution in [0, 0.1) is 10.1 Å². The smallest absolute Gasteiger partial charge is 0.315 e. The van der Waals surface area contributed by atoms with Crippen LogP contribution in [0.2, 0.25) is 0 Å². The van der Waals surface area contributed by atoms with Gasteiger partial charge >= 0.3 is 5.69 Å². The lowest BCUT2D eigenvalue weighted by atomic mass is 10.1. The van der Waals surface area contributed by atoms with Crippen molar-refractivity contribution in [3.63, 3.8) is 0 Å². The molecule has 0 amide bonds. The van der Waals surface area contributed by atoms with E-state index in [1.54, 1.807) is 0 Å². The number of hydrogen-bond donors (Lipinski definition) is 2. The lowest BCUT2D eigenvalue weighted by Gasteiger charge is -2.15. The molecule has 0 radical (unpaired) electrons. The molecule has 0 saturated carbocycles. The van der Waals surface area contributed by atoms with Gasteiger partial charge in [0.25, 0.3) is 5.92 Å². The van der Waals surface area contributed by atoms with E-state index in [9.17, 15) is 24.0 Å². The fourth-order valence-corrected chi connectivity index (χ4v) is 1.19. The van der Waals surface area contributed by atoms with Gasteiger partial charge in [-0.1, -0.05) is 0 Å². The topological polar surface area (TPSA) is 92.8 Å². The van der Waals surface area contributed by atoms with Gasteiger partial charge in [0.15, 0.2) is 5.75 Å². The van der Waals surface area contributed by atoms with Crippen LogP contribution in [0.3, 0.4) is 0 Å². The molecule has 2 N–H and O–H groups in total. The summed E-state index contributed by atoms with van der Waals surface area (Å²) in [6.45, 7) is -1.50. The van der Waals surface area contributed by atoms with Crippen LogP contribution in [0.4, 0.5) is 14.5 Å². The van der Waals surface area contributed by atoms with E-state index in [0.29, 0.717) is 6.07 Å². The summed E-state index contributed by atoms with van der Waals surface area (Å²) in [4.78, 5) is 9.52. The summed E-state index contributed by atoms with van der Waals surface area (Å²) in [6, 6.07) is 1.23. The molecule has 1 aromatic carbocycles. The van der Waals surface area contributed by atoms with E-state index in [4.69, 9.17) is 5.11 Å². The summed E-state index contributed by atoms with van der Waals surface area (Å²) in [5, 5.41) is 28.4. The predicted molar refractivity (Wildman–Crippen MR) is 52.3 cm³/mol. The van der Waals surface area contributed by atoms with E-state index in [1.165, 1.54) is 0 Å². The number of methoxy groups -OCH3 is 1. The number of phenols is 1. The molecule has 0 spiro atoms. The first kappa shape index (κ1) is 13.1. The van der Waals surface area contributed by atoms with Gasteiger partial charge in [-0.3, -0.25) is 10.1 Å². The maximum absolute atomic E-state index is 13.2. The lowest BCUT2D eigenvalue weighted by molar-refractivity contribution is -0.386. The number of nitro groups is 1. The van der Waals surface area contributed by atoms with Crippen molar-refractivity contribution in [2.24, 2.45) is 0 Å². The first-order chi connectivity index (χ1) is 7.83. The summed E-state index contributed by atoms with van der Waals surface area (Å²) in [5.74, 6) is -4.94. The number of aliphatic hydroxyl groups is 1. The number of nitro benzene ring substituents is 1. The molecule has 0 saturated heterocycles. The van der Waals surface area contributed by atoms with Gasteiger partial charge in [0.2, 0.25) is 5.75 Å². The van der Waals surface area contributed by atoms with E-state index in [-0.39, 0.29) is 0 Å². The summed E-state index contributed by atoms with van der Waals surface area (Å²) < 4.78 is 30.9. The normalized spacial score (nSPS) is 11.3. The number of alkyl halides is 2. The Bertz CT molecular complexity index is 449.